The molecule has 0 saturated carbocycles. The molecule has 0 unspecified atom stereocenters. The molecule has 0 bridgehead atoms. The first-order valence-electron chi connectivity index (χ1n) is 14.5. The molecule has 0 heteroatoms. The maximum absolute atomic E-state index is 2.41. The van der Waals surface area contributed by atoms with Crippen LogP contribution in [0.15, 0.2) is 170 Å². The van der Waals surface area contributed by atoms with Gasteiger partial charge in [0.25, 0.3) is 0 Å². The Morgan fingerprint density at radius 1 is 0.214 bits per heavy atom. The first-order valence-corrected chi connectivity index (χ1v) is 14.5. The fourth-order valence-corrected chi connectivity index (χ4v) is 6.44. The van der Waals surface area contributed by atoms with Crippen molar-refractivity contribution in [1.29, 1.82) is 0 Å². The van der Waals surface area contributed by atoms with Crippen molar-refractivity contribution in [3.8, 4) is 44.5 Å². The Labute approximate surface area is 246 Å². The summed E-state index contributed by atoms with van der Waals surface area (Å²) in [5.41, 5.74) is 9.95. The molecule has 42 heavy (non-hydrogen) atoms. The summed E-state index contributed by atoms with van der Waals surface area (Å²) < 4.78 is 0. The Bertz CT molecular complexity index is 2220. The van der Waals surface area contributed by atoms with Crippen LogP contribution in [0.25, 0.3) is 76.8 Å². The van der Waals surface area contributed by atoms with E-state index in [4.69, 9.17) is 0 Å². The van der Waals surface area contributed by atoms with E-state index >= 15 is 0 Å². The molecular formula is C42H28. The van der Waals surface area contributed by atoms with Crippen molar-refractivity contribution >= 4 is 32.3 Å². The van der Waals surface area contributed by atoms with Crippen LogP contribution in [-0.2, 0) is 0 Å². The van der Waals surface area contributed by atoms with Crippen LogP contribution in [-0.4, -0.2) is 0 Å². The highest BCUT2D eigenvalue weighted by atomic mass is 14.2. The molecule has 0 N–H and O–H groups in total. The van der Waals surface area contributed by atoms with Crippen LogP contribution in [0.5, 0.6) is 0 Å². The van der Waals surface area contributed by atoms with Crippen molar-refractivity contribution in [3.05, 3.63) is 170 Å². The summed E-state index contributed by atoms with van der Waals surface area (Å²) in [6.07, 6.45) is 0. The van der Waals surface area contributed by atoms with Gasteiger partial charge in [-0.05, 0) is 95.0 Å². The minimum Gasteiger partial charge on any atom is -0.0622 e. The van der Waals surface area contributed by atoms with Crippen molar-refractivity contribution in [3.63, 3.8) is 0 Å². The monoisotopic (exact) mass is 532 g/mol. The first-order chi connectivity index (χ1) is 20.8. The lowest BCUT2D eigenvalue weighted by molar-refractivity contribution is 1.60. The highest BCUT2D eigenvalue weighted by Gasteiger charge is 2.17. The summed E-state index contributed by atoms with van der Waals surface area (Å²) >= 11 is 0. The second-order valence-corrected chi connectivity index (χ2v) is 10.9. The fourth-order valence-electron chi connectivity index (χ4n) is 6.44. The molecule has 8 aromatic carbocycles. The van der Waals surface area contributed by atoms with Crippen molar-refractivity contribution in [2.24, 2.45) is 0 Å². The van der Waals surface area contributed by atoms with Gasteiger partial charge in [-0.3, -0.25) is 0 Å². The Morgan fingerprint density at radius 2 is 0.714 bits per heavy atom. The van der Waals surface area contributed by atoms with E-state index in [9.17, 15) is 0 Å². The van der Waals surface area contributed by atoms with Crippen LogP contribution in [0.4, 0.5) is 0 Å². The predicted molar refractivity (Wildman–Crippen MR) is 181 cm³/mol. The zero-order valence-corrected chi connectivity index (χ0v) is 23.2. The van der Waals surface area contributed by atoms with Crippen molar-refractivity contribution in [1.82, 2.24) is 0 Å². The van der Waals surface area contributed by atoms with Crippen molar-refractivity contribution in [2.75, 3.05) is 0 Å². The summed E-state index contributed by atoms with van der Waals surface area (Å²) in [5.74, 6) is 0. The van der Waals surface area contributed by atoms with Gasteiger partial charge >= 0.3 is 0 Å². The number of rotatable bonds is 4. The maximum Gasteiger partial charge on any atom is -0.00259 e. The molecule has 0 radical (unpaired) electrons. The van der Waals surface area contributed by atoms with E-state index in [0.717, 1.165) is 0 Å². The average Bonchev–Trinajstić information content (AvgIpc) is 3.07. The average molecular weight is 533 g/mol. The second kappa shape index (κ2) is 10.2. The van der Waals surface area contributed by atoms with Gasteiger partial charge in [0.1, 0.15) is 0 Å². The molecule has 0 saturated heterocycles. The summed E-state index contributed by atoms with van der Waals surface area (Å²) in [6.45, 7) is 0. The Morgan fingerprint density at radius 3 is 1.45 bits per heavy atom. The molecule has 0 atom stereocenters. The largest absolute Gasteiger partial charge is 0.0622 e. The quantitative estimate of drug-likeness (QED) is 0.198. The normalized spacial score (nSPS) is 11.3. The van der Waals surface area contributed by atoms with E-state index in [1.165, 1.54) is 76.8 Å². The second-order valence-electron chi connectivity index (χ2n) is 10.9. The van der Waals surface area contributed by atoms with Gasteiger partial charge < -0.3 is 0 Å². The lowest BCUT2D eigenvalue weighted by Crippen LogP contribution is -1.92. The molecule has 0 amide bonds. The molecule has 0 spiro atoms. The van der Waals surface area contributed by atoms with E-state index in [1.54, 1.807) is 0 Å². The maximum atomic E-state index is 2.41. The lowest BCUT2D eigenvalue weighted by Gasteiger charge is -2.19. The molecule has 8 rings (SSSR count). The van der Waals surface area contributed by atoms with Gasteiger partial charge in [-0.1, -0.05) is 152 Å². The lowest BCUT2D eigenvalue weighted by atomic mass is 9.84. The highest BCUT2D eigenvalue weighted by molar-refractivity contribution is 6.22. The Balaban J connectivity index is 1.45. The number of hydrogen-bond acceptors (Lipinski definition) is 0. The zero-order chi connectivity index (χ0) is 27.9. The molecule has 0 aromatic heterocycles. The third-order valence-corrected chi connectivity index (χ3v) is 8.43. The summed E-state index contributed by atoms with van der Waals surface area (Å²) in [7, 11) is 0. The minimum absolute atomic E-state index is 1.22. The van der Waals surface area contributed by atoms with Crippen molar-refractivity contribution < 1.29 is 0 Å². The van der Waals surface area contributed by atoms with Gasteiger partial charge in [-0.15, -0.1) is 0 Å². The van der Waals surface area contributed by atoms with Crippen LogP contribution in [0.2, 0.25) is 0 Å². The SMILES string of the molecule is c1ccc(-c2cccc(-c3ccc4c(-c5ccccc5)c5ccccc5c(-c5ccc6ccccc6c5)c4c3)c2)cc1. The molecule has 0 aliphatic rings. The van der Waals surface area contributed by atoms with Gasteiger partial charge in [-0.25, -0.2) is 0 Å². The standard InChI is InChI=1S/C42H28/c1-3-12-29(13-4-1)33-18-11-19-34(26-33)35-24-25-39-40(28-35)42(36-23-22-30-14-7-8-17-32(30)27-36)38-21-10-9-20-37(38)41(39)31-15-5-2-6-16-31/h1-28H. The van der Waals surface area contributed by atoms with E-state index in [2.05, 4.69) is 170 Å². The van der Waals surface area contributed by atoms with Crippen LogP contribution < -0.4 is 0 Å². The predicted octanol–water partition coefficient (Wildman–Crippen LogP) is 11.8. The summed E-state index contributed by atoms with van der Waals surface area (Å²) in [6, 6.07) is 61.8. The van der Waals surface area contributed by atoms with Crippen molar-refractivity contribution in [2.45, 2.75) is 0 Å². The van der Waals surface area contributed by atoms with E-state index in [1.807, 2.05) is 0 Å². The third kappa shape index (κ3) is 4.17. The van der Waals surface area contributed by atoms with E-state index in [0.29, 0.717) is 0 Å². The smallest absolute Gasteiger partial charge is 0.00259 e. The van der Waals surface area contributed by atoms with Gasteiger partial charge in [0.2, 0.25) is 0 Å². The minimum atomic E-state index is 1.22. The van der Waals surface area contributed by atoms with E-state index in [-0.39, 0.29) is 0 Å². The van der Waals surface area contributed by atoms with Crippen LogP contribution in [0, 0.1) is 0 Å². The molecule has 8 aromatic rings. The molecule has 0 aliphatic carbocycles. The van der Waals surface area contributed by atoms with E-state index < -0.39 is 0 Å². The number of hydrogen-bond donors (Lipinski definition) is 0. The van der Waals surface area contributed by atoms with Gasteiger partial charge in [0.15, 0.2) is 0 Å². The molecule has 0 nitrogen and oxygen atoms in total. The van der Waals surface area contributed by atoms with Crippen LogP contribution >= 0.6 is 0 Å². The third-order valence-electron chi connectivity index (χ3n) is 8.43. The molecule has 196 valence electrons. The van der Waals surface area contributed by atoms with Gasteiger partial charge in [0, 0.05) is 0 Å². The zero-order valence-electron chi connectivity index (χ0n) is 23.2. The van der Waals surface area contributed by atoms with Gasteiger partial charge in [-0.2, -0.15) is 0 Å². The number of fused-ring (bicyclic) bond motifs is 3. The summed E-state index contributed by atoms with van der Waals surface area (Å²) in [5, 5.41) is 7.60. The van der Waals surface area contributed by atoms with Gasteiger partial charge in [0.05, 0.1) is 0 Å². The topological polar surface area (TPSA) is 0 Å². The Kier molecular flexibility index (Phi) is 5.90. The molecule has 0 heterocycles. The van der Waals surface area contributed by atoms with Crippen LogP contribution in [0.3, 0.4) is 0 Å². The molecular weight excluding hydrogens is 504 g/mol. The summed E-state index contributed by atoms with van der Waals surface area (Å²) in [4.78, 5) is 0. The first kappa shape index (κ1) is 24.3. The highest BCUT2D eigenvalue weighted by Crippen LogP contribution is 2.45. The molecule has 0 fully saturated rings. The number of benzene rings is 8. The fraction of sp³-hybridized carbons (Fsp3) is 0. The Hall–Kier alpha value is -5.46. The van der Waals surface area contributed by atoms with Crippen LogP contribution in [0.1, 0.15) is 0 Å². The molecule has 0 aliphatic heterocycles.